The highest BCUT2D eigenvalue weighted by Gasteiger charge is 2.24. The van der Waals surface area contributed by atoms with Crippen LogP contribution in [0.15, 0.2) is 48.5 Å². The zero-order valence-corrected chi connectivity index (χ0v) is 16.5. The number of hydrogen-bond acceptors (Lipinski definition) is 3. The van der Waals surface area contributed by atoms with Crippen molar-refractivity contribution in [3.63, 3.8) is 0 Å². The number of hydrogen-bond donors (Lipinski definition) is 1. The molecule has 1 unspecified atom stereocenters. The van der Waals surface area contributed by atoms with Gasteiger partial charge in [-0.1, -0.05) is 35.9 Å². The summed E-state index contributed by atoms with van der Waals surface area (Å²) in [6.45, 7) is 5.31. The fourth-order valence-electron chi connectivity index (χ4n) is 3.55. The minimum Gasteiger partial charge on any atom is -0.494 e. The van der Waals surface area contributed by atoms with E-state index in [2.05, 4.69) is 16.3 Å². The van der Waals surface area contributed by atoms with Crippen LogP contribution in [0.4, 0.5) is 0 Å². The molecule has 1 atom stereocenters. The third kappa shape index (κ3) is 5.72. The maximum Gasteiger partial charge on any atom is 0.224 e. The number of likely N-dealkylation sites (tertiary alicyclic amines) is 1. The van der Waals surface area contributed by atoms with Crippen molar-refractivity contribution in [1.82, 2.24) is 10.2 Å². The van der Waals surface area contributed by atoms with E-state index < -0.39 is 0 Å². The standard InChI is InChI=1S/C22H27ClN2O2/c1-2-27-20-10-8-17(9-11-20)14-22(26)24-16-21(25-12-3-4-13-25)18-6-5-7-19(23)15-18/h5-11,15,21H,2-4,12-14,16H2,1H3,(H,24,26). The van der Waals surface area contributed by atoms with Gasteiger partial charge in [-0.3, -0.25) is 9.69 Å². The molecular weight excluding hydrogens is 360 g/mol. The number of carbonyl (C=O) groups excluding carboxylic acids is 1. The molecule has 2 aromatic carbocycles. The van der Waals surface area contributed by atoms with Crippen molar-refractivity contribution >= 4 is 17.5 Å². The maximum atomic E-state index is 12.5. The Labute approximate surface area is 166 Å². The van der Waals surface area contributed by atoms with Crippen LogP contribution in [0.2, 0.25) is 5.02 Å². The second kappa shape index (κ2) is 9.77. The fourth-order valence-corrected chi connectivity index (χ4v) is 3.75. The van der Waals surface area contributed by atoms with Gasteiger partial charge in [0.2, 0.25) is 5.91 Å². The normalized spacial score (nSPS) is 15.5. The fraction of sp³-hybridized carbons (Fsp3) is 0.409. The number of nitrogens with zero attached hydrogens (tertiary/aromatic N) is 1. The molecule has 2 aromatic rings. The average molecular weight is 387 g/mol. The molecule has 1 amide bonds. The first-order valence-corrected chi connectivity index (χ1v) is 10.0. The molecule has 1 aliphatic heterocycles. The summed E-state index contributed by atoms with van der Waals surface area (Å²) in [6.07, 6.45) is 2.78. The number of benzene rings is 2. The van der Waals surface area contributed by atoms with Gasteiger partial charge in [0.25, 0.3) is 0 Å². The second-order valence-electron chi connectivity index (χ2n) is 6.87. The van der Waals surface area contributed by atoms with Crippen molar-refractivity contribution in [2.24, 2.45) is 0 Å². The van der Waals surface area contributed by atoms with Crippen LogP contribution in [0.1, 0.15) is 36.9 Å². The van der Waals surface area contributed by atoms with Gasteiger partial charge >= 0.3 is 0 Å². The van der Waals surface area contributed by atoms with Gasteiger partial charge in [-0.2, -0.15) is 0 Å². The predicted molar refractivity (Wildman–Crippen MR) is 109 cm³/mol. The number of nitrogens with one attached hydrogen (secondary N) is 1. The molecule has 0 bridgehead atoms. The molecule has 0 spiro atoms. The van der Waals surface area contributed by atoms with E-state index in [0.29, 0.717) is 19.6 Å². The first kappa shape index (κ1) is 19.7. The van der Waals surface area contributed by atoms with E-state index in [1.165, 1.54) is 12.8 Å². The molecule has 1 fully saturated rings. The Bertz CT molecular complexity index is 742. The van der Waals surface area contributed by atoms with Crippen LogP contribution in [0.25, 0.3) is 0 Å². The summed E-state index contributed by atoms with van der Waals surface area (Å²) in [5.41, 5.74) is 2.14. The van der Waals surface area contributed by atoms with Crippen LogP contribution in [-0.2, 0) is 11.2 Å². The van der Waals surface area contributed by atoms with E-state index in [0.717, 1.165) is 35.0 Å². The molecule has 1 saturated heterocycles. The maximum absolute atomic E-state index is 12.5. The Hall–Kier alpha value is -2.04. The summed E-state index contributed by atoms with van der Waals surface area (Å²) < 4.78 is 5.44. The van der Waals surface area contributed by atoms with Gasteiger partial charge in [0.15, 0.2) is 0 Å². The van der Waals surface area contributed by atoms with Gasteiger partial charge in [-0.25, -0.2) is 0 Å². The average Bonchev–Trinajstić information content (AvgIpc) is 3.18. The van der Waals surface area contributed by atoms with Crippen molar-refractivity contribution in [2.45, 2.75) is 32.2 Å². The van der Waals surface area contributed by atoms with Crippen LogP contribution < -0.4 is 10.1 Å². The lowest BCUT2D eigenvalue weighted by atomic mass is 10.1. The topological polar surface area (TPSA) is 41.6 Å². The lowest BCUT2D eigenvalue weighted by molar-refractivity contribution is -0.120. The van der Waals surface area contributed by atoms with Gasteiger partial charge in [0, 0.05) is 11.6 Å². The van der Waals surface area contributed by atoms with Crippen molar-refractivity contribution in [3.05, 3.63) is 64.7 Å². The SMILES string of the molecule is CCOc1ccc(CC(=O)NCC(c2cccc(Cl)c2)N2CCCC2)cc1. The summed E-state index contributed by atoms with van der Waals surface area (Å²) >= 11 is 6.18. The minimum atomic E-state index is 0.0328. The number of halogens is 1. The van der Waals surface area contributed by atoms with E-state index >= 15 is 0 Å². The Morgan fingerprint density at radius 2 is 1.93 bits per heavy atom. The summed E-state index contributed by atoms with van der Waals surface area (Å²) in [4.78, 5) is 14.9. The lowest BCUT2D eigenvalue weighted by Gasteiger charge is -2.28. The molecule has 4 nitrogen and oxygen atoms in total. The van der Waals surface area contributed by atoms with Crippen LogP contribution >= 0.6 is 11.6 Å². The van der Waals surface area contributed by atoms with Gasteiger partial charge in [0.1, 0.15) is 5.75 Å². The molecule has 5 heteroatoms. The quantitative estimate of drug-likeness (QED) is 0.738. The summed E-state index contributed by atoms with van der Waals surface area (Å²) in [7, 11) is 0. The molecular formula is C22H27ClN2O2. The number of amides is 1. The van der Waals surface area contributed by atoms with Gasteiger partial charge in [-0.05, 0) is 68.2 Å². The van der Waals surface area contributed by atoms with Crippen LogP contribution in [0.5, 0.6) is 5.75 Å². The van der Waals surface area contributed by atoms with E-state index in [9.17, 15) is 4.79 Å². The Kier molecular flexibility index (Phi) is 7.13. The molecule has 27 heavy (non-hydrogen) atoms. The molecule has 3 rings (SSSR count). The minimum absolute atomic E-state index is 0.0328. The van der Waals surface area contributed by atoms with Crippen LogP contribution in [0.3, 0.4) is 0 Å². The molecule has 0 saturated carbocycles. The lowest BCUT2D eigenvalue weighted by Crippen LogP contribution is -2.37. The molecule has 0 aromatic heterocycles. The highest BCUT2D eigenvalue weighted by Crippen LogP contribution is 2.26. The van der Waals surface area contributed by atoms with E-state index in [1.54, 1.807) is 0 Å². The summed E-state index contributed by atoms with van der Waals surface area (Å²) in [5.74, 6) is 0.863. The third-order valence-corrected chi connectivity index (χ3v) is 5.14. The summed E-state index contributed by atoms with van der Waals surface area (Å²) in [5, 5.41) is 3.84. The zero-order valence-electron chi connectivity index (χ0n) is 15.8. The van der Waals surface area contributed by atoms with Crippen LogP contribution in [-0.4, -0.2) is 37.0 Å². The molecule has 144 valence electrons. The highest BCUT2D eigenvalue weighted by atomic mass is 35.5. The second-order valence-corrected chi connectivity index (χ2v) is 7.31. The third-order valence-electron chi connectivity index (χ3n) is 4.91. The first-order valence-electron chi connectivity index (χ1n) is 9.63. The molecule has 1 aliphatic rings. The highest BCUT2D eigenvalue weighted by molar-refractivity contribution is 6.30. The first-order chi connectivity index (χ1) is 13.2. The Morgan fingerprint density at radius 1 is 1.19 bits per heavy atom. The van der Waals surface area contributed by atoms with E-state index in [-0.39, 0.29) is 11.9 Å². The Morgan fingerprint density at radius 3 is 2.59 bits per heavy atom. The van der Waals surface area contributed by atoms with E-state index in [4.69, 9.17) is 16.3 Å². The van der Waals surface area contributed by atoms with Crippen LogP contribution in [0, 0.1) is 0 Å². The molecule has 1 heterocycles. The van der Waals surface area contributed by atoms with E-state index in [1.807, 2.05) is 49.4 Å². The Balaban J connectivity index is 1.60. The predicted octanol–water partition coefficient (Wildman–Crippen LogP) is 4.23. The molecule has 0 radical (unpaired) electrons. The van der Waals surface area contributed by atoms with Gasteiger partial charge in [-0.15, -0.1) is 0 Å². The number of rotatable bonds is 8. The summed E-state index contributed by atoms with van der Waals surface area (Å²) in [6, 6.07) is 15.8. The van der Waals surface area contributed by atoms with Crippen molar-refractivity contribution in [3.8, 4) is 5.75 Å². The van der Waals surface area contributed by atoms with Gasteiger partial charge < -0.3 is 10.1 Å². The molecule has 0 aliphatic carbocycles. The molecule has 1 N–H and O–H groups in total. The zero-order chi connectivity index (χ0) is 19.1. The largest absolute Gasteiger partial charge is 0.494 e. The van der Waals surface area contributed by atoms with Crippen molar-refractivity contribution in [2.75, 3.05) is 26.2 Å². The number of ether oxygens (including phenoxy) is 1. The van der Waals surface area contributed by atoms with Crippen molar-refractivity contribution < 1.29 is 9.53 Å². The van der Waals surface area contributed by atoms with Crippen molar-refractivity contribution in [1.29, 1.82) is 0 Å². The monoisotopic (exact) mass is 386 g/mol. The van der Waals surface area contributed by atoms with Gasteiger partial charge in [0.05, 0.1) is 19.1 Å². The smallest absolute Gasteiger partial charge is 0.224 e. The number of carbonyl (C=O) groups is 1.